The minimum absolute atomic E-state index is 0.145. The van der Waals surface area contributed by atoms with Crippen LogP contribution in [0, 0.1) is 0 Å². The van der Waals surface area contributed by atoms with Crippen molar-refractivity contribution >= 4 is 17.3 Å². The van der Waals surface area contributed by atoms with E-state index in [-0.39, 0.29) is 10.6 Å². The van der Waals surface area contributed by atoms with E-state index in [1.54, 1.807) is 0 Å². The van der Waals surface area contributed by atoms with E-state index in [0.717, 1.165) is 6.42 Å². The van der Waals surface area contributed by atoms with Crippen LogP contribution < -0.4 is 11.6 Å². The van der Waals surface area contributed by atoms with Gasteiger partial charge in [0.1, 0.15) is 6.04 Å². The molecular formula is C6H16N3S+. The van der Waals surface area contributed by atoms with Gasteiger partial charge in [-0.3, -0.25) is 0 Å². The van der Waals surface area contributed by atoms with Gasteiger partial charge in [0, 0.05) is 12.2 Å². The van der Waals surface area contributed by atoms with E-state index in [0.29, 0.717) is 5.11 Å². The lowest BCUT2D eigenvalue weighted by Crippen LogP contribution is -2.62. The highest BCUT2D eigenvalue weighted by Crippen LogP contribution is 2.05. The number of nitrogens with zero attached hydrogens (tertiary/aromatic N) is 1. The van der Waals surface area contributed by atoms with Crippen LogP contribution in [0.1, 0.15) is 20.3 Å². The van der Waals surface area contributed by atoms with E-state index in [1.165, 1.54) is 0 Å². The number of quaternary nitrogens is 1. The third-order valence-electron chi connectivity index (χ3n) is 1.98. The molecule has 0 aliphatic carbocycles. The topological polar surface area (TPSA) is 52.0 Å². The van der Waals surface area contributed by atoms with E-state index in [4.69, 9.17) is 23.8 Å². The first-order chi connectivity index (χ1) is 4.42. The lowest BCUT2D eigenvalue weighted by molar-refractivity contribution is -0.856. The average Bonchev–Trinajstić information content (AvgIpc) is 1.86. The van der Waals surface area contributed by atoms with Gasteiger partial charge in [0.2, 0.25) is 0 Å². The molecule has 0 aliphatic heterocycles. The van der Waals surface area contributed by atoms with Crippen molar-refractivity contribution in [1.82, 2.24) is 0 Å². The standard InChI is InChI=1S/C6H15N3S/c1-4-5(2)9(3,8)6(7)10/h5H,4,8H2,1-3H3,(H-,7,10)/p+1. The molecule has 0 saturated carbocycles. The second kappa shape index (κ2) is 3.27. The van der Waals surface area contributed by atoms with Crippen molar-refractivity contribution in [3.8, 4) is 0 Å². The Labute approximate surface area is 67.5 Å². The highest BCUT2D eigenvalue weighted by Gasteiger charge is 2.27. The van der Waals surface area contributed by atoms with E-state index in [9.17, 15) is 0 Å². The Bertz CT molecular complexity index is 133. The largest absolute Gasteiger partial charge is 0.343 e. The van der Waals surface area contributed by atoms with E-state index in [2.05, 4.69) is 6.92 Å². The van der Waals surface area contributed by atoms with E-state index in [1.807, 2.05) is 14.0 Å². The molecule has 60 valence electrons. The van der Waals surface area contributed by atoms with Gasteiger partial charge in [0.05, 0.1) is 7.05 Å². The van der Waals surface area contributed by atoms with E-state index < -0.39 is 0 Å². The molecule has 0 aromatic heterocycles. The van der Waals surface area contributed by atoms with Crippen molar-refractivity contribution in [2.45, 2.75) is 26.3 Å². The van der Waals surface area contributed by atoms with Gasteiger partial charge >= 0.3 is 0 Å². The van der Waals surface area contributed by atoms with Crippen LogP contribution in [0.4, 0.5) is 0 Å². The molecule has 0 bridgehead atoms. The molecule has 0 aromatic rings. The Morgan fingerprint density at radius 3 is 2.20 bits per heavy atom. The molecule has 3 nitrogen and oxygen atoms in total. The summed E-state index contributed by atoms with van der Waals surface area (Å²) in [7, 11) is 1.82. The first-order valence-electron chi connectivity index (χ1n) is 3.37. The summed E-state index contributed by atoms with van der Waals surface area (Å²) in [6.07, 6.45) is 0.977. The maximum Gasteiger partial charge on any atom is 0.286 e. The first-order valence-corrected chi connectivity index (χ1v) is 3.78. The van der Waals surface area contributed by atoms with Crippen LogP contribution in [0.5, 0.6) is 0 Å². The van der Waals surface area contributed by atoms with Crippen LogP contribution in [0.25, 0.3) is 0 Å². The highest BCUT2D eigenvalue weighted by atomic mass is 32.1. The third-order valence-corrected chi connectivity index (χ3v) is 2.37. The average molecular weight is 162 g/mol. The molecule has 0 saturated heterocycles. The number of hydrogen-bond acceptors (Lipinski definition) is 2. The smallest absolute Gasteiger partial charge is 0.286 e. The van der Waals surface area contributed by atoms with Crippen LogP contribution >= 0.6 is 12.2 Å². The molecule has 0 spiro atoms. The fourth-order valence-electron chi connectivity index (χ4n) is 0.596. The summed E-state index contributed by atoms with van der Waals surface area (Å²) in [5, 5.41) is 0.342. The molecule has 10 heavy (non-hydrogen) atoms. The summed E-state index contributed by atoms with van der Waals surface area (Å²) in [5.41, 5.74) is 5.43. The SMILES string of the molecule is CCC(C)[N+](C)(N)C(N)=S. The Hall–Kier alpha value is -0.190. The second-order valence-corrected chi connectivity index (χ2v) is 3.16. The predicted octanol–water partition coefficient (Wildman–Crippen LogP) is 0.349. The van der Waals surface area contributed by atoms with Gasteiger partial charge in [-0.05, 0) is 13.3 Å². The van der Waals surface area contributed by atoms with Gasteiger partial charge in [-0.2, -0.15) is 10.4 Å². The normalized spacial score (nSPS) is 19.6. The Morgan fingerprint density at radius 1 is 1.70 bits per heavy atom. The van der Waals surface area contributed by atoms with Gasteiger partial charge in [-0.25, -0.2) is 0 Å². The van der Waals surface area contributed by atoms with Crippen LogP contribution in [0.15, 0.2) is 0 Å². The first kappa shape index (κ1) is 9.81. The van der Waals surface area contributed by atoms with Gasteiger partial charge in [-0.15, -0.1) is 0 Å². The van der Waals surface area contributed by atoms with Crippen molar-refractivity contribution in [1.29, 1.82) is 0 Å². The van der Waals surface area contributed by atoms with E-state index >= 15 is 0 Å². The van der Waals surface area contributed by atoms with Crippen LogP contribution in [0.3, 0.4) is 0 Å². The Kier molecular flexibility index (Phi) is 3.21. The minimum atomic E-state index is 0.145. The molecule has 0 radical (unpaired) electrons. The van der Waals surface area contributed by atoms with Gasteiger partial charge in [0.15, 0.2) is 0 Å². The second-order valence-electron chi connectivity index (χ2n) is 2.74. The molecule has 0 rings (SSSR count). The van der Waals surface area contributed by atoms with Crippen LogP contribution in [0.2, 0.25) is 0 Å². The molecule has 0 amide bonds. The van der Waals surface area contributed by atoms with Gasteiger partial charge < -0.3 is 5.73 Å². The molecule has 0 fully saturated rings. The van der Waals surface area contributed by atoms with Crippen LogP contribution in [-0.2, 0) is 0 Å². The maximum absolute atomic E-state index is 5.78. The summed E-state index contributed by atoms with van der Waals surface area (Å²) < 4.78 is 0.145. The van der Waals surface area contributed by atoms with Crippen molar-refractivity contribution < 1.29 is 4.59 Å². The quantitative estimate of drug-likeness (QED) is 0.266. The monoisotopic (exact) mass is 162 g/mol. The number of rotatable bonds is 2. The lowest BCUT2D eigenvalue weighted by atomic mass is 10.2. The summed E-state index contributed by atoms with van der Waals surface area (Å²) in [6, 6.07) is 0.289. The fourth-order valence-corrected chi connectivity index (χ4v) is 0.776. The van der Waals surface area contributed by atoms with Crippen molar-refractivity contribution in [3.63, 3.8) is 0 Å². The van der Waals surface area contributed by atoms with Gasteiger partial charge in [-0.1, -0.05) is 6.92 Å². The Balaban J connectivity index is 4.23. The molecule has 2 unspecified atom stereocenters. The molecule has 4 N–H and O–H groups in total. The summed E-state index contributed by atoms with van der Waals surface area (Å²) >= 11 is 4.80. The number of hydrogen-bond donors (Lipinski definition) is 2. The summed E-state index contributed by atoms with van der Waals surface area (Å²) in [5.74, 6) is 5.78. The Morgan fingerprint density at radius 2 is 2.10 bits per heavy atom. The maximum atomic E-state index is 5.78. The molecule has 0 aromatic carbocycles. The van der Waals surface area contributed by atoms with Crippen molar-refractivity contribution in [2.75, 3.05) is 7.05 Å². The highest BCUT2D eigenvalue weighted by molar-refractivity contribution is 7.79. The van der Waals surface area contributed by atoms with Crippen molar-refractivity contribution in [3.05, 3.63) is 0 Å². The molecule has 4 heteroatoms. The molecule has 2 atom stereocenters. The molecular weight excluding hydrogens is 146 g/mol. The zero-order valence-electron chi connectivity index (χ0n) is 6.79. The molecule has 0 aliphatic rings. The van der Waals surface area contributed by atoms with Gasteiger partial charge in [0.25, 0.3) is 5.11 Å². The fraction of sp³-hybridized carbons (Fsp3) is 0.833. The van der Waals surface area contributed by atoms with Crippen molar-refractivity contribution in [2.24, 2.45) is 11.6 Å². The minimum Gasteiger partial charge on any atom is -0.343 e. The number of nitrogens with two attached hydrogens (primary N) is 2. The third kappa shape index (κ3) is 1.90. The zero-order chi connectivity index (χ0) is 8.36. The zero-order valence-corrected chi connectivity index (χ0v) is 7.61. The number of thiocarbonyl (C=S) groups is 1. The van der Waals surface area contributed by atoms with Crippen LogP contribution in [-0.4, -0.2) is 22.8 Å². The lowest BCUT2D eigenvalue weighted by Gasteiger charge is -2.31. The predicted molar refractivity (Wildman–Crippen MR) is 46.9 cm³/mol. The summed E-state index contributed by atoms with van der Waals surface area (Å²) in [6.45, 7) is 4.09. The summed E-state index contributed by atoms with van der Waals surface area (Å²) in [4.78, 5) is 0. The molecule has 0 heterocycles.